The van der Waals surface area contributed by atoms with Crippen LogP contribution in [0.5, 0.6) is 0 Å². The molecule has 1 heterocycles. The molecule has 1 N–H and O–H groups in total. The first-order chi connectivity index (χ1) is 7.83. The van der Waals surface area contributed by atoms with Crippen LogP contribution in [0.3, 0.4) is 0 Å². The summed E-state index contributed by atoms with van der Waals surface area (Å²) in [7, 11) is 1.60. The molecule has 0 radical (unpaired) electrons. The first-order valence-electron chi connectivity index (χ1n) is 5.17. The molecule has 0 saturated carbocycles. The molecule has 0 aromatic carbocycles. The molecule has 0 saturated heterocycles. The molecule has 90 valence electrons. The van der Waals surface area contributed by atoms with Crippen molar-refractivity contribution in [2.45, 2.75) is 19.4 Å². The first-order valence-corrected chi connectivity index (χ1v) is 5.17. The van der Waals surface area contributed by atoms with Crippen LogP contribution in [0.2, 0.25) is 0 Å². The molecule has 0 fully saturated rings. The van der Waals surface area contributed by atoms with Crippen LogP contribution < -0.4 is 0 Å². The SMILES string of the molecule is CN(CC(C)(C)O)C(=O)c1ccc(C#N)cn1. The standard InChI is InChI=1S/C12H15N3O2/c1-12(2,17)8-15(3)11(16)10-5-4-9(6-13)7-14-10/h4-5,7,17H,8H2,1-3H3. The smallest absolute Gasteiger partial charge is 0.272 e. The molecule has 1 aromatic rings. The third-order valence-electron chi connectivity index (χ3n) is 2.08. The summed E-state index contributed by atoms with van der Waals surface area (Å²) in [5.74, 6) is -0.281. The highest BCUT2D eigenvalue weighted by atomic mass is 16.3. The second kappa shape index (κ2) is 4.93. The van der Waals surface area contributed by atoms with Gasteiger partial charge in [-0.05, 0) is 26.0 Å². The van der Waals surface area contributed by atoms with Gasteiger partial charge in [0.15, 0.2) is 0 Å². The Morgan fingerprint density at radius 3 is 2.65 bits per heavy atom. The lowest BCUT2D eigenvalue weighted by Crippen LogP contribution is -2.39. The monoisotopic (exact) mass is 233 g/mol. The number of nitriles is 1. The second-order valence-corrected chi connectivity index (χ2v) is 4.52. The van der Waals surface area contributed by atoms with Gasteiger partial charge in [-0.3, -0.25) is 4.79 Å². The maximum absolute atomic E-state index is 11.9. The maximum Gasteiger partial charge on any atom is 0.272 e. The highest BCUT2D eigenvalue weighted by Gasteiger charge is 2.20. The van der Waals surface area contributed by atoms with Crippen molar-refractivity contribution in [2.24, 2.45) is 0 Å². The van der Waals surface area contributed by atoms with Crippen LogP contribution in [-0.2, 0) is 0 Å². The number of likely N-dealkylation sites (N-methyl/N-ethyl adjacent to an activating group) is 1. The van der Waals surface area contributed by atoms with E-state index >= 15 is 0 Å². The number of aliphatic hydroxyl groups is 1. The van der Waals surface area contributed by atoms with E-state index < -0.39 is 5.60 Å². The minimum absolute atomic E-state index is 0.216. The lowest BCUT2D eigenvalue weighted by molar-refractivity contribution is 0.0365. The molecule has 1 aromatic heterocycles. The summed E-state index contributed by atoms with van der Waals surface area (Å²) in [6.45, 7) is 3.47. The summed E-state index contributed by atoms with van der Waals surface area (Å²) in [6.07, 6.45) is 1.35. The summed E-state index contributed by atoms with van der Waals surface area (Å²) >= 11 is 0. The van der Waals surface area contributed by atoms with E-state index in [9.17, 15) is 9.90 Å². The number of hydrogen-bond donors (Lipinski definition) is 1. The van der Waals surface area contributed by atoms with Gasteiger partial charge in [0.05, 0.1) is 11.2 Å². The Bertz CT molecular complexity index is 440. The van der Waals surface area contributed by atoms with Gasteiger partial charge >= 0.3 is 0 Å². The molecule has 0 aliphatic rings. The molecule has 0 spiro atoms. The van der Waals surface area contributed by atoms with Crippen molar-refractivity contribution in [3.63, 3.8) is 0 Å². The molecule has 1 amide bonds. The fourth-order valence-electron chi connectivity index (χ4n) is 1.43. The largest absolute Gasteiger partial charge is 0.389 e. The van der Waals surface area contributed by atoms with Crippen LogP contribution in [0, 0.1) is 11.3 Å². The second-order valence-electron chi connectivity index (χ2n) is 4.52. The van der Waals surface area contributed by atoms with Crippen LogP contribution in [0.15, 0.2) is 18.3 Å². The molecule has 5 heteroatoms. The van der Waals surface area contributed by atoms with Crippen molar-refractivity contribution in [3.05, 3.63) is 29.6 Å². The quantitative estimate of drug-likeness (QED) is 0.837. The summed E-state index contributed by atoms with van der Waals surface area (Å²) in [5, 5.41) is 18.2. The van der Waals surface area contributed by atoms with Crippen molar-refractivity contribution in [3.8, 4) is 6.07 Å². The van der Waals surface area contributed by atoms with E-state index in [4.69, 9.17) is 5.26 Å². The molecule has 5 nitrogen and oxygen atoms in total. The van der Waals surface area contributed by atoms with Gasteiger partial charge in [-0.2, -0.15) is 5.26 Å². The third kappa shape index (κ3) is 3.85. The molecule has 0 bridgehead atoms. The number of carbonyl (C=O) groups is 1. The summed E-state index contributed by atoms with van der Waals surface area (Å²) in [4.78, 5) is 17.2. The van der Waals surface area contributed by atoms with Gasteiger partial charge in [0.1, 0.15) is 11.8 Å². The van der Waals surface area contributed by atoms with Crippen molar-refractivity contribution < 1.29 is 9.90 Å². The van der Waals surface area contributed by atoms with Crippen LogP contribution in [-0.4, -0.2) is 40.1 Å². The van der Waals surface area contributed by atoms with Crippen LogP contribution in [0.25, 0.3) is 0 Å². The lowest BCUT2D eigenvalue weighted by Gasteiger charge is -2.25. The van der Waals surface area contributed by atoms with E-state index in [-0.39, 0.29) is 18.1 Å². The average Bonchev–Trinajstić information content (AvgIpc) is 2.26. The molecule has 0 atom stereocenters. The van der Waals surface area contributed by atoms with Gasteiger partial charge in [0.25, 0.3) is 5.91 Å². The van der Waals surface area contributed by atoms with E-state index in [1.165, 1.54) is 23.2 Å². The molecule has 0 aliphatic heterocycles. The molecular weight excluding hydrogens is 218 g/mol. The zero-order valence-corrected chi connectivity index (χ0v) is 10.1. The van der Waals surface area contributed by atoms with Crippen LogP contribution >= 0.6 is 0 Å². The maximum atomic E-state index is 11.9. The van der Waals surface area contributed by atoms with Crippen LogP contribution in [0.4, 0.5) is 0 Å². The van der Waals surface area contributed by atoms with Crippen molar-refractivity contribution in [1.82, 2.24) is 9.88 Å². The number of aromatic nitrogens is 1. The topological polar surface area (TPSA) is 77.2 Å². The van der Waals surface area contributed by atoms with Gasteiger partial charge in [0, 0.05) is 19.8 Å². The normalized spacial score (nSPS) is 10.8. The van der Waals surface area contributed by atoms with Gasteiger partial charge in [0.2, 0.25) is 0 Å². The highest BCUT2D eigenvalue weighted by Crippen LogP contribution is 2.07. The summed E-state index contributed by atoms with van der Waals surface area (Å²) < 4.78 is 0. The zero-order chi connectivity index (χ0) is 13.1. The number of hydrogen-bond acceptors (Lipinski definition) is 4. The van der Waals surface area contributed by atoms with Crippen molar-refractivity contribution in [1.29, 1.82) is 5.26 Å². The Morgan fingerprint density at radius 1 is 1.59 bits per heavy atom. The van der Waals surface area contributed by atoms with E-state index in [2.05, 4.69) is 4.98 Å². The Morgan fingerprint density at radius 2 is 2.24 bits per heavy atom. The Balaban J connectivity index is 2.79. The van der Waals surface area contributed by atoms with E-state index in [0.29, 0.717) is 5.56 Å². The first kappa shape index (κ1) is 13.1. The van der Waals surface area contributed by atoms with Gasteiger partial charge in [-0.15, -0.1) is 0 Å². The van der Waals surface area contributed by atoms with Crippen LogP contribution in [0.1, 0.15) is 29.9 Å². The van der Waals surface area contributed by atoms with E-state index in [1.807, 2.05) is 6.07 Å². The Kier molecular flexibility index (Phi) is 3.81. The van der Waals surface area contributed by atoms with Gasteiger partial charge in [-0.1, -0.05) is 0 Å². The number of amides is 1. The van der Waals surface area contributed by atoms with E-state index in [0.717, 1.165) is 0 Å². The minimum atomic E-state index is -0.947. The Hall–Kier alpha value is -1.93. The fourth-order valence-corrected chi connectivity index (χ4v) is 1.43. The lowest BCUT2D eigenvalue weighted by atomic mass is 10.1. The number of nitrogens with zero attached hydrogens (tertiary/aromatic N) is 3. The Labute approximate surface area is 100 Å². The van der Waals surface area contributed by atoms with Crippen molar-refractivity contribution >= 4 is 5.91 Å². The molecule has 0 unspecified atom stereocenters. The highest BCUT2D eigenvalue weighted by molar-refractivity contribution is 5.92. The number of rotatable bonds is 3. The molecule has 17 heavy (non-hydrogen) atoms. The van der Waals surface area contributed by atoms with Crippen molar-refractivity contribution in [2.75, 3.05) is 13.6 Å². The summed E-state index contributed by atoms with van der Waals surface area (Å²) in [6, 6.07) is 4.97. The summed E-state index contributed by atoms with van der Waals surface area (Å²) in [5.41, 5.74) is -0.278. The fraction of sp³-hybridized carbons (Fsp3) is 0.417. The zero-order valence-electron chi connectivity index (χ0n) is 10.1. The molecular formula is C12H15N3O2. The third-order valence-corrected chi connectivity index (χ3v) is 2.08. The molecule has 0 aliphatic carbocycles. The number of carbonyl (C=O) groups excluding carboxylic acids is 1. The molecule has 1 rings (SSSR count). The van der Waals surface area contributed by atoms with E-state index in [1.54, 1.807) is 20.9 Å². The van der Waals surface area contributed by atoms with Gasteiger partial charge in [-0.25, -0.2) is 4.98 Å². The minimum Gasteiger partial charge on any atom is -0.389 e. The predicted octanol–water partition coefficient (Wildman–Crippen LogP) is 0.796. The average molecular weight is 233 g/mol. The predicted molar refractivity (Wildman–Crippen MR) is 62.2 cm³/mol. The van der Waals surface area contributed by atoms with Gasteiger partial charge < -0.3 is 10.0 Å². The number of pyridine rings is 1.